The summed E-state index contributed by atoms with van der Waals surface area (Å²) in [5.74, 6) is 2.85. The number of piperidine rings is 1. The molecule has 3 heteroatoms. The molecule has 0 radical (unpaired) electrons. The van der Waals surface area contributed by atoms with E-state index in [1.165, 1.54) is 38.8 Å². The zero-order valence-electron chi connectivity index (χ0n) is 8.82. The van der Waals surface area contributed by atoms with Crippen LogP contribution in [0.3, 0.4) is 0 Å². The molecule has 2 aliphatic heterocycles. The number of thiol groups is 1. The van der Waals surface area contributed by atoms with Gasteiger partial charge in [0.2, 0.25) is 0 Å². The van der Waals surface area contributed by atoms with Crippen molar-refractivity contribution in [2.24, 2.45) is 11.8 Å². The third-order valence-electron chi connectivity index (χ3n) is 3.76. The van der Waals surface area contributed by atoms with Crippen LogP contribution in [0.4, 0.5) is 0 Å². The topological polar surface area (TPSA) is 12.5 Å². The Morgan fingerprint density at radius 3 is 2.14 bits per heavy atom. The first-order valence-corrected chi connectivity index (χ1v) is 6.44. The summed E-state index contributed by atoms with van der Waals surface area (Å²) in [7, 11) is 0. The maximum absolute atomic E-state index is 5.41. The lowest BCUT2D eigenvalue weighted by atomic mass is 9.80. The molecule has 82 valence electrons. The van der Waals surface area contributed by atoms with Crippen LogP contribution in [0.15, 0.2) is 0 Å². The lowest BCUT2D eigenvalue weighted by molar-refractivity contribution is 0.0324. The summed E-state index contributed by atoms with van der Waals surface area (Å²) in [4.78, 5) is 2.44. The Morgan fingerprint density at radius 1 is 1.00 bits per heavy atom. The molecule has 0 spiro atoms. The third kappa shape index (κ3) is 2.65. The first kappa shape index (κ1) is 10.8. The second kappa shape index (κ2) is 5.38. The highest BCUT2D eigenvalue weighted by Gasteiger charge is 2.27. The molecule has 0 amide bonds. The summed E-state index contributed by atoms with van der Waals surface area (Å²) in [6.07, 6.45) is 5.35. The lowest BCUT2D eigenvalue weighted by Gasteiger charge is -2.36. The van der Waals surface area contributed by atoms with Gasteiger partial charge in [-0.3, -0.25) is 4.90 Å². The van der Waals surface area contributed by atoms with E-state index in [0.717, 1.165) is 30.9 Å². The largest absolute Gasteiger partial charge is 0.381 e. The number of hydrogen-bond donors (Lipinski definition) is 1. The first-order chi connectivity index (χ1) is 6.90. The molecule has 2 heterocycles. The monoisotopic (exact) mass is 215 g/mol. The number of ether oxygens (including phenoxy) is 1. The van der Waals surface area contributed by atoms with E-state index >= 15 is 0 Å². The molecule has 0 saturated carbocycles. The lowest BCUT2D eigenvalue weighted by Crippen LogP contribution is -2.36. The van der Waals surface area contributed by atoms with Gasteiger partial charge in [0.1, 0.15) is 0 Å². The Morgan fingerprint density at radius 2 is 1.57 bits per heavy atom. The van der Waals surface area contributed by atoms with Crippen molar-refractivity contribution in [2.45, 2.75) is 25.7 Å². The van der Waals surface area contributed by atoms with E-state index < -0.39 is 0 Å². The minimum Gasteiger partial charge on any atom is -0.381 e. The SMILES string of the molecule is SCN1CCC(C2CCOCC2)CC1. The van der Waals surface area contributed by atoms with Gasteiger partial charge in [-0.1, -0.05) is 0 Å². The van der Waals surface area contributed by atoms with Crippen LogP contribution < -0.4 is 0 Å². The number of likely N-dealkylation sites (tertiary alicyclic amines) is 1. The Labute approximate surface area is 92.4 Å². The first-order valence-electron chi connectivity index (χ1n) is 5.81. The summed E-state index contributed by atoms with van der Waals surface area (Å²) >= 11 is 4.33. The maximum atomic E-state index is 5.41. The van der Waals surface area contributed by atoms with Crippen LogP contribution >= 0.6 is 12.6 Å². The van der Waals surface area contributed by atoms with Crippen molar-refractivity contribution in [1.82, 2.24) is 4.90 Å². The standard InChI is InChI=1S/C11H21NOS/c14-9-12-5-1-10(2-6-12)11-3-7-13-8-4-11/h10-11,14H,1-9H2. The second-order valence-electron chi connectivity index (χ2n) is 4.55. The second-order valence-corrected chi connectivity index (χ2v) is 4.83. The Kier molecular flexibility index (Phi) is 4.14. The average Bonchev–Trinajstić information content (AvgIpc) is 2.30. The molecular weight excluding hydrogens is 194 g/mol. The minimum atomic E-state index is 0.931. The van der Waals surface area contributed by atoms with Crippen molar-refractivity contribution in [2.75, 3.05) is 32.2 Å². The summed E-state index contributed by atoms with van der Waals surface area (Å²) < 4.78 is 5.41. The van der Waals surface area contributed by atoms with Crippen molar-refractivity contribution >= 4 is 12.6 Å². The molecule has 2 saturated heterocycles. The van der Waals surface area contributed by atoms with Crippen molar-refractivity contribution < 1.29 is 4.74 Å². The summed E-state index contributed by atoms with van der Waals surface area (Å²) in [5.41, 5.74) is 0. The minimum absolute atomic E-state index is 0.931. The highest BCUT2D eigenvalue weighted by molar-refractivity contribution is 7.80. The van der Waals surface area contributed by atoms with Gasteiger partial charge in [-0.25, -0.2) is 0 Å². The Hall–Kier alpha value is 0.270. The van der Waals surface area contributed by atoms with Crippen LogP contribution in [-0.4, -0.2) is 37.1 Å². The molecule has 2 nitrogen and oxygen atoms in total. The van der Waals surface area contributed by atoms with Crippen LogP contribution in [0.25, 0.3) is 0 Å². The number of hydrogen-bond acceptors (Lipinski definition) is 3. The van der Waals surface area contributed by atoms with Gasteiger partial charge in [0, 0.05) is 19.1 Å². The predicted octanol–water partition coefficient (Wildman–Crippen LogP) is 2.01. The summed E-state index contributed by atoms with van der Waals surface area (Å²) in [6.45, 7) is 4.51. The average molecular weight is 215 g/mol. The molecule has 0 aromatic rings. The zero-order chi connectivity index (χ0) is 9.80. The molecule has 2 rings (SSSR count). The number of rotatable bonds is 2. The van der Waals surface area contributed by atoms with Gasteiger partial charge < -0.3 is 4.74 Å². The molecule has 2 fully saturated rings. The van der Waals surface area contributed by atoms with Gasteiger partial charge in [0.15, 0.2) is 0 Å². The van der Waals surface area contributed by atoms with Crippen molar-refractivity contribution in [3.63, 3.8) is 0 Å². The molecule has 0 aliphatic carbocycles. The van der Waals surface area contributed by atoms with Crippen LogP contribution in [0.1, 0.15) is 25.7 Å². The fourth-order valence-corrected chi connectivity index (χ4v) is 3.04. The van der Waals surface area contributed by atoms with Crippen LogP contribution in [0.5, 0.6) is 0 Å². The van der Waals surface area contributed by atoms with Gasteiger partial charge in [-0.15, -0.1) is 0 Å². The van der Waals surface area contributed by atoms with Gasteiger partial charge in [-0.05, 0) is 50.6 Å². The molecule has 0 bridgehead atoms. The molecule has 2 aliphatic rings. The third-order valence-corrected chi connectivity index (χ3v) is 4.16. The van der Waals surface area contributed by atoms with E-state index in [9.17, 15) is 0 Å². The molecule has 0 atom stereocenters. The van der Waals surface area contributed by atoms with Crippen molar-refractivity contribution in [1.29, 1.82) is 0 Å². The molecule has 14 heavy (non-hydrogen) atoms. The van der Waals surface area contributed by atoms with E-state index in [1.807, 2.05) is 0 Å². The number of nitrogens with zero attached hydrogens (tertiary/aromatic N) is 1. The van der Waals surface area contributed by atoms with Gasteiger partial charge in [0.25, 0.3) is 0 Å². The van der Waals surface area contributed by atoms with E-state index in [-0.39, 0.29) is 0 Å². The van der Waals surface area contributed by atoms with Gasteiger partial charge >= 0.3 is 0 Å². The molecular formula is C11H21NOS. The van der Waals surface area contributed by atoms with Crippen molar-refractivity contribution in [3.05, 3.63) is 0 Å². The summed E-state index contributed by atoms with van der Waals surface area (Å²) in [5, 5.41) is 0. The highest BCUT2D eigenvalue weighted by atomic mass is 32.1. The molecule has 0 aromatic carbocycles. The van der Waals surface area contributed by atoms with Gasteiger partial charge in [-0.2, -0.15) is 12.6 Å². The molecule has 0 aromatic heterocycles. The van der Waals surface area contributed by atoms with E-state index in [0.29, 0.717) is 0 Å². The van der Waals surface area contributed by atoms with Crippen LogP contribution in [-0.2, 0) is 4.74 Å². The fraction of sp³-hybridized carbons (Fsp3) is 1.00. The smallest absolute Gasteiger partial charge is 0.0468 e. The van der Waals surface area contributed by atoms with Crippen molar-refractivity contribution in [3.8, 4) is 0 Å². The fourth-order valence-electron chi connectivity index (χ4n) is 2.75. The van der Waals surface area contributed by atoms with Crippen LogP contribution in [0.2, 0.25) is 0 Å². The van der Waals surface area contributed by atoms with E-state index in [2.05, 4.69) is 17.5 Å². The normalized spacial score (nSPS) is 28.1. The van der Waals surface area contributed by atoms with Gasteiger partial charge in [0.05, 0.1) is 0 Å². The maximum Gasteiger partial charge on any atom is 0.0468 e. The Bertz CT molecular complexity index is 163. The van der Waals surface area contributed by atoms with Crippen LogP contribution in [0, 0.1) is 11.8 Å². The molecule has 0 N–H and O–H groups in total. The quantitative estimate of drug-likeness (QED) is 0.708. The zero-order valence-corrected chi connectivity index (χ0v) is 9.72. The predicted molar refractivity (Wildman–Crippen MR) is 61.7 cm³/mol. The van der Waals surface area contributed by atoms with E-state index in [4.69, 9.17) is 4.74 Å². The Balaban J connectivity index is 1.76. The highest BCUT2D eigenvalue weighted by Crippen LogP contribution is 2.31. The molecule has 0 unspecified atom stereocenters. The van der Waals surface area contributed by atoms with E-state index in [1.54, 1.807) is 0 Å². The summed E-state index contributed by atoms with van der Waals surface area (Å²) in [6, 6.07) is 0.